The first-order chi connectivity index (χ1) is 9.40. The van der Waals surface area contributed by atoms with Crippen LogP contribution in [0.25, 0.3) is 0 Å². The number of nitrogens with one attached hydrogen (secondary N) is 1. The fourth-order valence-corrected chi connectivity index (χ4v) is 3.92. The van der Waals surface area contributed by atoms with Gasteiger partial charge in [-0.25, -0.2) is 13.1 Å². The summed E-state index contributed by atoms with van der Waals surface area (Å²) in [6.45, 7) is 6.60. The van der Waals surface area contributed by atoms with Crippen molar-refractivity contribution in [1.29, 1.82) is 0 Å². The van der Waals surface area contributed by atoms with E-state index in [0.29, 0.717) is 6.54 Å². The van der Waals surface area contributed by atoms with Crippen LogP contribution >= 0.6 is 11.8 Å². The number of anilines is 1. The standard InChI is InChI=1S/C12H24N4O2S2/c1-4-7-16-9-11(12(13)14-16)20(17,18)15-10(3)6-8-19-5-2/h9-10,15H,4-8H2,1-3H3,(H2,13,14). The minimum atomic E-state index is -3.59. The van der Waals surface area contributed by atoms with Gasteiger partial charge in [0.15, 0.2) is 5.82 Å². The number of hydrogen-bond acceptors (Lipinski definition) is 5. The second-order valence-electron chi connectivity index (χ2n) is 4.65. The Morgan fingerprint density at radius 1 is 1.50 bits per heavy atom. The Hall–Kier alpha value is -0.730. The summed E-state index contributed by atoms with van der Waals surface area (Å²) in [7, 11) is -3.59. The highest BCUT2D eigenvalue weighted by Gasteiger charge is 2.22. The number of hydrogen-bond donors (Lipinski definition) is 2. The van der Waals surface area contributed by atoms with Crippen LogP contribution in [0.2, 0.25) is 0 Å². The Balaban J connectivity index is 2.72. The van der Waals surface area contributed by atoms with Crippen molar-refractivity contribution < 1.29 is 8.42 Å². The molecule has 0 amide bonds. The average molecular weight is 320 g/mol. The van der Waals surface area contributed by atoms with Gasteiger partial charge in [0, 0.05) is 18.8 Å². The molecule has 3 N–H and O–H groups in total. The van der Waals surface area contributed by atoms with Crippen molar-refractivity contribution in [2.75, 3.05) is 17.2 Å². The maximum Gasteiger partial charge on any atom is 0.246 e. The molecule has 1 aromatic heterocycles. The van der Waals surface area contributed by atoms with Gasteiger partial charge in [-0.1, -0.05) is 13.8 Å². The van der Waals surface area contributed by atoms with Crippen molar-refractivity contribution in [3.8, 4) is 0 Å². The number of nitrogens with two attached hydrogens (primary N) is 1. The van der Waals surface area contributed by atoms with E-state index >= 15 is 0 Å². The number of nitrogens with zero attached hydrogens (tertiary/aromatic N) is 2. The van der Waals surface area contributed by atoms with Gasteiger partial charge in [0.05, 0.1) is 0 Å². The Bertz CT molecular complexity index is 514. The lowest BCUT2D eigenvalue weighted by molar-refractivity contribution is 0.556. The zero-order valence-corrected chi connectivity index (χ0v) is 13.9. The molecular formula is C12H24N4O2S2. The van der Waals surface area contributed by atoms with Crippen molar-refractivity contribution in [3.05, 3.63) is 6.20 Å². The largest absolute Gasteiger partial charge is 0.381 e. The van der Waals surface area contributed by atoms with E-state index in [0.717, 1.165) is 24.3 Å². The zero-order chi connectivity index (χ0) is 15.2. The first-order valence-corrected chi connectivity index (χ1v) is 9.47. The number of aromatic nitrogens is 2. The molecular weight excluding hydrogens is 296 g/mol. The fraction of sp³-hybridized carbons (Fsp3) is 0.750. The number of sulfonamides is 1. The monoisotopic (exact) mass is 320 g/mol. The van der Waals surface area contributed by atoms with Crippen LogP contribution < -0.4 is 10.5 Å². The maximum absolute atomic E-state index is 12.3. The Morgan fingerprint density at radius 2 is 2.20 bits per heavy atom. The first kappa shape index (κ1) is 17.3. The van der Waals surface area contributed by atoms with Crippen LogP contribution in [0.15, 0.2) is 11.1 Å². The SMILES string of the molecule is CCCn1cc(S(=O)(=O)NC(C)CCSCC)c(N)n1. The van der Waals surface area contributed by atoms with E-state index in [-0.39, 0.29) is 16.8 Å². The highest BCUT2D eigenvalue weighted by molar-refractivity contribution is 7.99. The zero-order valence-electron chi connectivity index (χ0n) is 12.3. The van der Waals surface area contributed by atoms with Gasteiger partial charge in [0.2, 0.25) is 10.0 Å². The summed E-state index contributed by atoms with van der Waals surface area (Å²) in [5, 5.41) is 4.02. The minimum absolute atomic E-state index is 0.0566. The Morgan fingerprint density at radius 3 is 2.80 bits per heavy atom. The molecule has 0 spiro atoms. The summed E-state index contributed by atoms with van der Waals surface area (Å²) < 4.78 is 28.7. The van der Waals surface area contributed by atoms with Crippen molar-refractivity contribution in [2.45, 2.75) is 51.1 Å². The third-order valence-electron chi connectivity index (χ3n) is 2.75. The summed E-state index contributed by atoms with van der Waals surface area (Å²) in [5.41, 5.74) is 5.70. The van der Waals surface area contributed by atoms with E-state index < -0.39 is 10.0 Å². The molecule has 0 aliphatic rings. The van der Waals surface area contributed by atoms with Crippen LogP contribution in [-0.4, -0.2) is 35.7 Å². The quantitative estimate of drug-likeness (QED) is 0.676. The van der Waals surface area contributed by atoms with E-state index in [1.807, 2.05) is 13.8 Å². The smallest absolute Gasteiger partial charge is 0.246 e. The summed E-state index contributed by atoms with van der Waals surface area (Å²) >= 11 is 1.80. The first-order valence-electron chi connectivity index (χ1n) is 6.83. The molecule has 0 aliphatic carbocycles. The molecule has 8 heteroatoms. The topological polar surface area (TPSA) is 90.0 Å². The van der Waals surface area contributed by atoms with Gasteiger partial charge < -0.3 is 5.73 Å². The van der Waals surface area contributed by atoms with Crippen molar-refractivity contribution in [3.63, 3.8) is 0 Å². The molecule has 0 aliphatic heterocycles. The number of rotatable bonds is 9. The molecule has 0 aromatic carbocycles. The number of nitrogen functional groups attached to an aromatic ring is 1. The molecule has 20 heavy (non-hydrogen) atoms. The molecule has 6 nitrogen and oxygen atoms in total. The van der Waals surface area contributed by atoms with E-state index in [4.69, 9.17) is 5.73 Å². The lowest BCUT2D eigenvalue weighted by Gasteiger charge is -2.13. The van der Waals surface area contributed by atoms with E-state index in [1.165, 1.54) is 6.20 Å². The van der Waals surface area contributed by atoms with Crippen LogP contribution in [0.3, 0.4) is 0 Å². The third kappa shape index (κ3) is 4.99. The summed E-state index contributed by atoms with van der Waals surface area (Å²) in [5.74, 6) is 2.03. The predicted octanol–water partition coefficient (Wildman–Crippen LogP) is 1.69. The average Bonchev–Trinajstić information content (AvgIpc) is 2.71. The van der Waals surface area contributed by atoms with Gasteiger partial charge in [-0.05, 0) is 31.3 Å². The predicted molar refractivity (Wildman–Crippen MR) is 84.3 cm³/mol. The molecule has 1 aromatic rings. The lowest BCUT2D eigenvalue weighted by Crippen LogP contribution is -2.33. The van der Waals surface area contributed by atoms with Crippen LogP contribution in [0.4, 0.5) is 5.82 Å². The highest BCUT2D eigenvalue weighted by Crippen LogP contribution is 2.17. The molecule has 1 atom stereocenters. The molecule has 1 rings (SSSR count). The van der Waals surface area contributed by atoms with Crippen LogP contribution in [0, 0.1) is 0 Å². The molecule has 1 unspecified atom stereocenters. The molecule has 0 fully saturated rings. The second-order valence-corrected chi connectivity index (χ2v) is 7.73. The van der Waals surface area contributed by atoms with Gasteiger partial charge in [0.1, 0.15) is 4.90 Å². The van der Waals surface area contributed by atoms with Gasteiger partial charge in [-0.3, -0.25) is 4.68 Å². The second kappa shape index (κ2) is 7.90. The molecule has 1 heterocycles. The maximum atomic E-state index is 12.3. The van der Waals surface area contributed by atoms with Gasteiger partial charge in [-0.2, -0.15) is 16.9 Å². The highest BCUT2D eigenvalue weighted by atomic mass is 32.2. The molecule has 0 bridgehead atoms. The van der Waals surface area contributed by atoms with Gasteiger partial charge in [-0.15, -0.1) is 0 Å². The fourth-order valence-electron chi connectivity index (χ4n) is 1.76. The summed E-state index contributed by atoms with van der Waals surface area (Å²) in [4.78, 5) is 0.0703. The van der Waals surface area contributed by atoms with Crippen molar-refractivity contribution >= 4 is 27.6 Å². The normalized spacial score (nSPS) is 13.6. The molecule has 0 radical (unpaired) electrons. The van der Waals surface area contributed by atoms with Crippen molar-refractivity contribution in [1.82, 2.24) is 14.5 Å². The number of aryl methyl sites for hydroxylation is 1. The Labute approximate surface area is 125 Å². The summed E-state index contributed by atoms with van der Waals surface area (Å²) in [6, 6.07) is -0.118. The lowest BCUT2D eigenvalue weighted by atomic mass is 10.3. The minimum Gasteiger partial charge on any atom is -0.381 e. The van der Waals surface area contributed by atoms with Crippen molar-refractivity contribution in [2.24, 2.45) is 0 Å². The van der Waals surface area contributed by atoms with Crippen LogP contribution in [0.1, 0.15) is 33.6 Å². The Kier molecular flexibility index (Phi) is 6.84. The third-order valence-corrected chi connectivity index (χ3v) is 5.29. The molecule has 0 saturated carbocycles. The van der Waals surface area contributed by atoms with Gasteiger partial charge >= 0.3 is 0 Å². The van der Waals surface area contributed by atoms with E-state index in [9.17, 15) is 8.42 Å². The summed E-state index contributed by atoms with van der Waals surface area (Å²) in [6.07, 6.45) is 3.16. The van der Waals surface area contributed by atoms with Crippen LogP contribution in [0.5, 0.6) is 0 Å². The molecule has 116 valence electrons. The number of thioether (sulfide) groups is 1. The van der Waals surface area contributed by atoms with Crippen LogP contribution in [-0.2, 0) is 16.6 Å². The van der Waals surface area contributed by atoms with E-state index in [1.54, 1.807) is 16.4 Å². The molecule has 0 saturated heterocycles. The van der Waals surface area contributed by atoms with E-state index in [2.05, 4.69) is 16.7 Å². The van der Waals surface area contributed by atoms with Gasteiger partial charge in [0.25, 0.3) is 0 Å².